The SMILES string of the molecule is CN(CCC[C@H](NC(=O)[C@H](N)Cc1ccc(O)cc1)C(=O)N[C@@H](CCCN=C(N)N)C(=O)N[C@@H](Cc1ccc2ccccc2c1)C(=O)NCC(=O)O)C(=O)c1ccc(F)cc1. The molecule has 0 fully saturated rings. The number of aromatic hydroxyl groups is 1. The second-order valence-electron chi connectivity index (χ2n) is 14.5. The number of benzene rings is 4. The van der Waals surface area contributed by atoms with Gasteiger partial charge in [0.25, 0.3) is 5.91 Å². The molecule has 324 valence electrons. The summed E-state index contributed by atoms with van der Waals surface area (Å²) in [5.74, 6) is -5.39. The molecule has 0 aliphatic heterocycles. The lowest BCUT2D eigenvalue weighted by molar-refractivity contribution is -0.138. The number of hydrogen-bond donors (Lipinski definition) is 9. The summed E-state index contributed by atoms with van der Waals surface area (Å²) in [4.78, 5) is 84.7. The van der Waals surface area contributed by atoms with Gasteiger partial charge in [-0.15, -0.1) is 0 Å². The van der Waals surface area contributed by atoms with Crippen molar-refractivity contribution in [1.82, 2.24) is 26.2 Å². The highest BCUT2D eigenvalue weighted by Gasteiger charge is 2.31. The Morgan fingerprint density at radius 1 is 0.721 bits per heavy atom. The number of nitrogens with two attached hydrogens (primary N) is 3. The van der Waals surface area contributed by atoms with Crippen molar-refractivity contribution in [2.24, 2.45) is 22.2 Å². The van der Waals surface area contributed by atoms with Crippen LogP contribution in [-0.4, -0.2) is 107 Å². The van der Waals surface area contributed by atoms with Crippen LogP contribution in [0.1, 0.15) is 47.2 Å². The lowest BCUT2D eigenvalue weighted by Crippen LogP contribution is -2.58. The number of carbonyl (C=O) groups excluding carboxylic acids is 5. The van der Waals surface area contributed by atoms with E-state index in [9.17, 15) is 43.4 Å². The van der Waals surface area contributed by atoms with Gasteiger partial charge in [-0.3, -0.25) is 33.8 Å². The number of halogens is 1. The zero-order valence-electron chi connectivity index (χ0n) is 33.7. The summed E-state index contributed by atoms with van der Waals surface area (Å²) in [5, 5.41) is 31.1. The molecule has 4 aromatic carbocycles. The minimum Gasteiger partial charge on any atom is -0.508 e. The van der Waals surface area contributed by atoms with Crippen molar-refractivity contribution in [3.05, 3.63) is 114 Å². The fourth-order valence-corrected chi connectivity index (χ4v) is 6.39. The van der Waals surface area contributed by atoms with Gasteiger partial charge in [0.05, 0.1) is 6.04 Å². The summed E-state index contributed by atoms with van der Waals surface area (Å²) in [5.41, 5.74) is 18.8. The topological polar surface area (TPSA) is 285 Å². The number of phenolic OH excluding ortho intramolecular Hbond substituents is 1. The van der Waals surface area contributed by atoms with Crippen LogP contribution >= 0.6 is 0 Å². The highest BCUT2D eigenvalue weighted by molar-refractivity contribution is 5.96. The molecular weight excluding hydrogens is 790 g/mol. The molecule has 4 aromatic rings. The molecule has 0 radical (unpaired) electrons. The fraction of sp³-hybridized carbons (Fsp3) is 0.326. The number of aliphatic imine (C=N–C) groups is 1. The van der Waals surface area contributed by atoms with Crippen molar-refractivity contribution in [2.45, 2.75) is 62.7 Å². The summed E-state index contributed by atoms with van der Waals surface area (Å²) in [7, 11) is 1.53. The third kappa shape index (κ3) is 15.2. The van der Waals surface area contributed by atoms with E-state index >= 15 is 0 Å². The lowest BCUT2D eigenvalue weighted by atomic mass is 10.0. The van der Waals surface area contributed by atoms with E-state index < -0.39 is 72.0 Å². The zero-order chi connectivity index (χ0) is 44.5. The van der Waals surface area contributed by atoms with Crippen molar-refractivity contribution in [3.8, 4) is 5.75 Å². The van der Waals surface area contributed by atoms with Crippen LogP contribution < -0.4 is 38.5 Å². The average molecular weight is 842 g/mol. The third-order valence-electron chi connectivity index (χ3n) is 9.66. The van der Waals surface area contributed by atoms with Crippen molar-refractivity contribution >= 4 is 52.2 Å². The molecule has 0 aromatic heterocycles. The molecule has 0 heterocycles. The molecule has 18 heteroatoms. The van der Waals surface area contributed by atoms with Gasteiger partial charge in [-0.05, 0) is 90.4 Å². The number of aliphatic carboxylic acids is 1. The standard InChI is InChI=1S/C43H52FN9O8/c1-53(42(61)29-14-16-31(44)17-15-29)21-5-9-35(50-38(57)33(45)23-26-11-18-32(54)19-12-26)40(59)51-34(8-4-20-48-43(46)47)41(60)52-36(39(58)49-25-37(55)56)24-27-10-13-28-6-2-3-7-30(28)22-27/h2-3,6-7,10-19,22,33-36,54H,4-5,8-9,20-21,23-25,45H2,1H3,(H,49,58)(H,50,57)(H,51,59)(H,52,60)(H,55,56)(H4,46,47,48)/t33-,34+,35+,36+/m1/s1. The van der Waals surface area contributed by atoms with Gasteiger partial charge in [0.15, 0.2) is 5.96 Å². The highest BCUT2D eigenvalue weighted by Crippen LogP contribution is 2.18. The number of phenols is 1. The Balaban J connectivity index is 1.56. The van der Waals surface area contributed by atoms with Crippen LogP contribution in [0.4, 0.5) is 4.39 Å². The number of guanidine groups is 1. The maximum atomic E-state index is 14.1. The Morgan fingerprint density at radius 2 is 1.31 bits per heavy atom. The number of rotatable bonds is 22. The molecule has 0 aliphatic rings. The van der Waals surface area contributed by atoms with E-state index in [2.05, 4.69) is 26.3 Å². The number of carboxylic acid groups (broad SMARTS) is 1. The third-order valence-corrected chi connectivity index (χ3v) is 9.66. The van der Waals surface area contributed by atoms with Gasteiger partial charge in [-0.1, -0.05) is 54.6 Å². The minimum atomic E-state index is -1.30. The molecule has 0 bridgehead atoms. The van der Waals surface area contributed by atoms with Crippen LogP contribution in [0.5, 0.6) is 5.75 Å². The van der Waals surface area contributed by atoms with Crippen LogP contribution in [0.15, 0.2) is 96.0 Å². The zero-order valence-corrected chi connectivity index (χ0v) is 33.7. The monoisotopic (exact) mass is 841 g/mol. The first kappa shape index (κ1) is 46.6. The molecule has 0 aliphatic carbocycles. The van der Waals surface area contributed by atoms with Gasteiger partial charge in [0, 0.05) is 32.1 Å². The Labute approximate surface area is 351 Å². The molecule has 4 atom stereocenters. The second-order valence-corrected chi connectivity index (χ2v) is 14.5. The summed E-state index contributed by atoms with van der Waals surface area (Å²) < 4.78 is 13.5. The van der Waals surface area contributed by atoms with Crippen LogP contribution in [0.3, 0.4) is 0 Å². The highest BCUT2D eigenvalue weighted by atomic mass is 19.1. The number of hydrogen-bond acceptors (Lipinski definition) is 9. The van der Waals surface area contributed by atoms with Crippen LogP contribution in [0.2, 0.25) is 0 Å². The Hall–Kier alpha value is -7.08. The Morgan fingerprint density at radius 3 is 1.95 bits per heavy atom. The smallest absolute Gasteiger partial charge is 0.322 e. The first-order chi connectivity index (χ1) is 29.1. The van der Waals surface area contributed by atoms with Crippen LogP contribution in [-0.2, 0) is 36.8 Å². The predicted octanol–water partition coefficient (Wildman–Crippen LogP) is 1.06. The summed E-state index contributed by atoms with van der Waals surface area (Å²) >= 11 is 0. The second kappa shape index (κ2) is 22.9. The summed E-state index contributed by atoms with van der Waals surface area (Å²) in [6.07, 6.45) is 0.376. The van der Waals surface area contributed by atoms with Gasteiger partial charge in [0.2, 0.25) is 23.6 Å². The molecule has 0 saturated carbocycles. The quantitative estimate of drug-likeness (QED) is 0.0306. The van der Waals surface area contributed by atoms with E-state index in [0.29, 0.717) is 11.1 Å². The Kier molecular flexibility index (Phi) is 17.5. The maximum absolute atomic E-state index is 14.1. The molecular formula is C43H52FN9O8. The first-order valence-corrected chi connectivity index (χ1v) is 19.6. The maximum Gasteiger partial charge on any atom is 0.322 e. The number of carbonyl (C=O) groups is 6. The Bertz CT molecular complexity index is 2180. The van der Waals surface area contributed by atoms with E-state index in [1.54, 1.807) is 18.2 Å². The normalized spacial score (nSPS) is 12.8. The summed E-state index contributed by atoms with van der Waals surface area (Å²) in [6, 6.07) is 19.2. The number of nitrogens with zero attached hydrogens (tertiary/aromatic N) is 2. The van der Waals surface area contributed by atoms with Gasteiger partial charge in [-0.25, -0.2) is 4.39 Å². The van der Waals surface area contributed by atoms with Gasteiger partial charge in [-0.2, -0.15) is 0 Å². The van der Waals surface area contributed by atoms with Crippen molar-refractivity contribution in [3.63, 3.8) is 0 Å². The molecule has 0 unspecified atom stereocenters. The minimum absolute atomic E-state index is 0.0188. The number of fused-ring (bicyclic) bond motifs is 1. The molecule has 0 spiro atoms. The number of nitrogens with one attached hydrogen (secondary N) is 4. The van der Waals surface area contributed by atoms with Gasteiger partial charge < -0.3 is 53.6 Å². The van der Waals surface area contributed by atoms with Gasteiger partial charge in [0.1, 0.15) is 36.2 Å². The number of carboxylic acids is 1. The van der Waals surface area contributed by atoms with Crippen molar-refractivity contribution in [2.75, 3.05) is 26.7 Å². The molecule has 0 saturated heterocycles. The van der Waals surface area contributed by atoms with Crippen LogP contribution in [0, 0.1) is 5.82 Å². The molecule has 12 N–H and O–H groups in total. The molecule has 17 nitrogen and oxygen atoms in total. The van der Waals surface area contributed by atoms with E-state index in [1.807, 2.05) is 36.4 Å². The van der Waals surface area contributed by atoms with E-state index in [4.69, 9.17) is 17.2 Å². The lowest BCUT2D eigenvalue weighted by Gasteiger charge is -2.26. The number of amides is 5. The average Bonchev–Trinajstić information content (AvgIpc) is 3.23. The molecule has 5 amide bonds. The van der Waals surface area contributed by atoms with E-state index in [-0.39, 0.29) is 68.9 Å². The van der Waals surface area contributed by atoms with E-state index in [1.165, 1.54) is 36.2 Å². The predicted molar refractivity (Wildman–Crippen MR) is 226 cm³/mol. The van der Waals surface area contributed by atoms with E-state index in [0.717, 1.165) is 22.9 Å². The van der Waals surface area contributed by atoms with Crippen molar-refractivity contribution in [1.29, 1.82) is 0 Å². The van der Waals surface area contributed by atoms with Crippen LogP contribution in [0.25, 0.3) is 10.8 Å². The molecule has 61 heavy (non-hydrogen) atoms. The molecule has 4 rings (SSSR count). The largest absolute Gasteiger partial charge is 0.508 e. The summed E-state index contributed by atoms with van der Waals surface area (Å²) in [6.45, 7) is -0.495. The van der Waals surface area contributed by atoms with Gasteiger partial charge >= 0.3 is 5.97 Å². The first-order valence-electron chi connectivity index (χ1n) is 19.6. The fourth-order valence-electron chi connectivity index (χ4n) is 6.39. The van der Waals surface area contributed by atoms with Crippen molar-refractivity contribution < 1.29 is 43.4 Å².